The number of aryl methyl sites for hydroxylation is 1. The zero-order valence-corrected chi connectivity index (χ0v) is 16.3. The summed E-state index contributed by atoms with van der Waals surface area (Å²) in [5.74, 6) is 0.0854. The quantitative estimate of drug-likeness (QED) is 0.692. The molecule has 6 heteroatoms. The first-order valence-electron chi connectivity index (χ1n) is 8.53. The van der Waals surface area contributed by atoms with Crippen molar-refractivity contribution in [2.75, 3.05) is 0 Å². The second-order valence-corrected chi connectivity index (χ2v) is 9.01. The van der Waals surface area contributed by atoms with Crippen LogP contribution in [0.3, 0.4) is 0 Å². The topological polar surface area (TPSA) is 57.6 Å². The first-order valence-corrected chi connectivity index (χ1v) is 10.3. The van der Waals surface area contributed by atoms with Gasteiger partial charge < -0.3 is 5.11 Å². The molecule has 1 aliphatic rings. The van der Waals surface area contributed by atoms with Crippen molar-refractivity contribution in [1.82, 2.24) is 4.31 Å². The number of nitrogens with zero attached hydrogens (tertiary/aromatic N) is 1. The van der Waals surface area contributed by atoms with Gasteiger partial charge in [0.2, 0.25) is 10.0 Å². The molecule has 1 N–H and O–H groups in total. The van der Waals surface area contributed by atoms with Gasteiger partial charge in [0.25, 0.3) is 0 Å². The van der Waals surface area contributed by atoms with Gasteiger partial charge in [-0.15, -0.1) is 0 Å². The molecule has 4 rings (SSSR count). The number of sulfonamides is 1. The Kier molecular flexibility index (Phi) is 4.46. The highest BCUT2D eigenvalue weighted by atomic mass is 35.5. The van der Waals surface area contributed by atoms with Gasteiger partial charge in [0.05, 0.1) is 4.90 Å². The average molecular weight is 400 g/mol. The fourth-order valence-electron chi connectivity index (χ4n) is 3.35. The standard InChI is InChI=1S/C21H18ClNO3S/c1-14-6-9-16(10-7-14)27(25,26)23-12-15-8-11-18(21(24)19(15)13-23)17-4-2-3-5-20(17)22/h2-11,24H,12-13H2,1H3. The van der Waals surface area contributed by atoms with Crippen molar-refractivity contribution in [2.24, 2.45) is 0 Å². The summed E-state index contributed by atoms with van der Waals surface area (Å²) in [4.78, 5) is 0.256. The van der Waals surface area contributed by atoms with Crippen LogP contribution in [0.25, 0.3) is 11.1 Å². The number of phenols is 1. The lowest BCUT2D eigenvalue weighted by Crippen LogP contribution is -2.25. The van der Waals surface area contributed by atoms with Gasteiger partial charge in [-0.05, 0) is 30.7 Å². The Morgan fingerprint density at radius 3 is 2.33 bits per heavy atom. The third kappa shape index (κ3) is 3.12. The highest BCUT2D eigenvalue weighted by Crippen LogP contribution is 2.41. The van der Waals surface area contributed by atoms with Crippen LogP contribution < -0.4 is 0 Å². The van der Waals surface area contributed by atoms with E-state index in [1.54, 1.807) is 36.4 Å². The zero-order valence-electron chi connectivity index (χ0n) is 14.7. The van der Waals surface area contributed by atoms with E-state index in [0.717, 1.165) is 16.7 Å². The van der Waals surface area contributed by atoms with Crippen LogP contribution in [0.4, 0.5) is 0 Å². The molecule has 0 aromatic heterocycles. The predicted molar refractivity (Wildman–Crippen MR) is 106 cm³/mol. The van der Waals surface area contributed by atoms with Crippen molar-refractivity contribution in [2.45, 2.75) is 24.9 Å². The summed E-state index contributed by atoms with van der Waals surface area (Å²) in [5.41, 5.74) is 3.76. The van der Waals surface area contributed by atoms with Crippen LogP contribution in [0.5, 0.6) is 5.75 Å². The molecule has 0 aliphatic carbocycles. The lowest BCUT2D eigenvalue weighted by atomic mass is 9.99. The number of phenolic OH excluding ortho intramolecular Hbond substituents is 1. The van der Waals surface area contributed by atoms with E-state index < -0.39 is 10.0 Å². The molecule has 27 heavy (non-hydrogen) atoms. The molecule has 0 fully saturated rings. The first-order chi connectivity index (χ1) is 12.9. The lowest BCUT2D eigenvalue weighted by molar-refractivity contribution is 0.422. The normalized spacial score (nSPS) is 14.3. The van der Waals surface area contributed by atoms with Gasteiger partial charge in [-0.1, -0.05) is 59.6 Å². The van der Waals surface area contributed by atoms with Crippen molar-refractivity contribution in [3.8, 4) is 16.9 Å². The van der Waals surface area contributed by atoms with Crippen LogP contribution in [-0.4, -0.2) is 17.8 Å². The minimum atomic E-state index is -3.63. The molecule has 3 aromatic carbocycles. The molecule has 0 amide bonds. The van der Waals surface area contributed by atoms with Gasteiger partial charge in [0.1, 0.15) is 5.75 Å². The average Bonchev–Trinajstić information content (AvgIpc) is 3.09. The maximum Gasteiger partial charge on any atom is 0.243 e. The molecule has 0 radical (unpaired) electrons. The predicted octanol–water partition coefficient (Wildman–Crippen LogP) is 4.73. The second kappa shape index (κ2) is 6.68. The lowest BCUT2D eigenvalue weighted by Gasteiger charge is -2.15. The molecule has 4 nitrogen and oxygen atoms in total. The number of halogens is 1. The Morgan fingerprint density at radius 2 is 1.63 bits per heavy atom. The van der Waals surface area contributed by atoms with Crippen molar-refractivity contribution >= 4 is 21.6 Å². The summed E-state index contributed by atoms with van der Waals surface area (Å²) >= 11 is 6.26. The number of hydrogen-bond donors (Lipinski definition) is 1. The molecule has 1 heterocycles. The Bertz CT molecular complexity index is 1120. The summed E-state index contributed by atoms with van der Waals surface area (Å²) in [5, 5.41) is 11.3. The van der Waals surface area contributed by atoms with Crippen LogP contribution in [0, 0.1) is 6.92 Å². The monoisotopic (exact) mass is 399 g/mol. The molecular weight excluding hydrogens is 382 g/mol. The van der Waals surface area contributed by atoms with Crippen LogP contribution in [0.1, 0.15) is 16.7 Å². The second-order valence-electron chi connectivity index (χ2n) is 6.67. The van der Waals surface area contributed by atoms with Gasteiger partial charge >= 0.3 is 0 Å². The SMILES string of the molecule is Cc1ccc(S(=O)(=O)N2Cc3ccc(-c4ccccc4Cl)c(O)c3C2)cc1. The van der Waals surface area contributed by atoms with E-state index >= 15 is 0 Å². The van der Waals surface area contributed by atoms with Crippen molar-refractivity contribution in [1.29, 1.82) is 0 Å². The fraction of sp³-hybridized carbons (Fsp3) is 0.143. The molecule has 0 saturated heterocycles. The molecule has 0 bridgehead atoms. The van der Waals surface area contributed by atoms with E-state index in [2.05, 4.69) is 0 Å². The zero-order chi connectivity index (χ0) is 19.2. The largest absolute Gasteiger partial charge is 0.507 e. The van der Waals surface area contributed by atoms with Gasteiger partial charge in [-0.2, -0.15) is 4.31 Å². The number of fused-ring (bicyclic) bond motifs is 1. The Balaban J connectivity index is 1.71. The van der Waals surface area contributed by atoms with Gasteiger partial charge in [-0.3, -0.25) is 0 Å². The Hall–Kier alpha value is -2.34. The summed E-state index contributed by atoms with van der Waals surface area (Å²) in [7, 11) is -3.63. The van der Waals surface area contributed by atoms with E-state index in [1.165, 1.54) is 4.31 Å². The van der Waals surface area contributed by atoms with Gasteiger partial charge in [0, 0.05) is 34.8 Å². The van der Waals surface area contributed by atoms with Crippen molar-refractivity contribution in [3.05, 3.63) is 82.4 Å². The molecule has 0 atom stereocenters. The highest BCUT2D eigenvalue weighted by Gasteiger charge is 2.33. The van der Waals surface area contributed by atoms with Crippen LogP contribution >= 0.6 is 11.6 Å². The summed E-state index contributed by atoms with van der Waals surface area (Å²) < 4.78 is 27.3. The fourth-order valence-corrected chi connectivity index (χ4v) is 4.97. The molecular formula is C21H18ClNO3S. The Morgan fingerprint density at radius 1 is 0.926 bits per heavy atom. The van der Waals surface area contributed by atoms with Gasteiger partial charge in [0.15, 0.2) is 0 Å². The molecule has 3 aromatic rings. The third-order valence-electron chi connectivity index (χ3n) is 4.88. The molecule has 0 unspecified atom stereocenters. The Labute approximate surface area is 163 Å². The third-order valence-corrected chi connectivity index (χ3v) is 7.02. The van der Waals surface area contributed by atoms with Crippen LogP contribution in [0.2, 0.25) is 5.02 Å². The minimum absolute atomic E-state index is 0.0854. The molecule has 1 aliphatic heterocycles. The van der Waals surface area contributed by atoms with Crippen molar-refractivity contribution < 1.29 is 13.5 Å². The van der Waals surface area contributed by atoms with E-state index in [0.29, 0.717) is 16.1 Å². The van der Waals surface area contributed by atoms with Crippen molar-refractivity contribution in [3.63, 3.8) is 0 Å². The van der Waals surface area contributed by atoms with Crippen LogP contribution in [-0.2, 0) is 23.1 Å². The molecule has 138 valence electrons. The minimum Gasteiger partial charge on any atom is -0.507 e. The van der Waals surface area contributed by atoms with E-state index in [4.69, 9.17) is 11.6 Å². The summed E-state index contributed by atoms with van der Waals surface area (Å²) in [6.07, 6.45) is 0. The van der Waals surface area contributed by atoms with Crippen LogP contribution in [0.15, 0.2) is 65.6 Å². The maximum atomic E-state index is 13.0. The molecule has 0 saturated carbocycles. The summed E-state index contributed by atoms with van der Waals surface area (Å²) in [6, 6.07) is 17.7. The van der Waals surface area contributed by atoms with Gasteiger partial charge in [-0.25, -0.2) is 8.42 Å². The summed E-state index contributed by atoms with van der Waals surface area (Å²) in [6.45, 7) is 2.29. The van der Waals surface area contributed by atoms with E-state index in [-0.39, 0.29) is 23.7 Å². The number of rotatable bonds is 3. The smallest absolute Gasteiger partial charge is 0.243 e. The first kappa shape index (κ1) is 18.0. The molecule has 0 spiro atoms. The van der Waals surface area contributed by atoms with E-state index in [9.17, 15) is 13.5 Å². The number of aromatic hydroxyl groups is 1. The van der Waals surface area contributed by atoms with E-state index in [1.807, 2.05) is 31.2 Å². The number of benzene rings is 3. The number of hydrogen-bond acceptors (Lipinski definition) is 3. The highest BCUT2D eigenvalue weighted by molar-refractivity contribution is 7.89. The maximum absolute atomic E-state index is 13.0.